The molecule has 0 radical (unpaired) electrons. The maximum absolute atomic E-state index is 13.2. The van der Waals surface area contributed by atoms with Gasteiger partial charge in [0.05, 0.1) is 17.5 Å². The first-order chi connectivity index (χ1) is 15.3. The molecule has 4 rings (SSSR count). The summed E-state index contributed by atoms with van der Waals surface area (Å²) in [5.74, 6) is 0.0813. The number of rotatable bonds is 6. The molecule has 0 bridgehead atoms. The van der Waals surface area contributed by atoms with Crippen molar-refractivity contribution in [3.8, 4) is 16.9 Å². The van der Waals surface area contributed by atoms with E-state index in [0.717, 1.165) is 29.7 Å². The van der Waals surface area contributed by atoms with E-state index >= 15 is 0 Å². The third kappa shape index (κ3) is 5.08. The Bertz CT molecular complexity index is 1200. The van der Waals surface area contributed by atoms with Gasteiger partial charge in [-0.05, 0) is 43.9 Å². The van der Waals surface area contributed by atoms with Crippen LogP contribution >= 0.6 is 0 Å². The van der Waals surface area contributed by atoms with Crippen LogP contribution in [0.1, 0.15) is 28.8 Å². The highest BCUT2D eigenvalue weighted by Gasteiger charge is 2.26. The average molecular weight is 453 g/mol. The largest absolute Gasteiger partial charge is 0.352 e. The molecule has 2 heterocycles. The number of hydrogen-bond donors (Lipinski definition) is 1. The lowest BCUT2D eigenvalue weighted by atomic mass is 9.98. The second-order valence-electron chi connectivity index (χ2n) is 8.36. The van der Waals surface area contributed by atoms with Crippen LogP contribution in [0.2, 0.25) is 0 Å². The van der Waals surface area contributed by atoms with Crippen molar-refractivity contribution in [3.05, 3.63) is 71.9 Å². The van der Waals surface area contributed by atoms with E-state index in [1.54, 1.807) is 10.9 Å². The Hall–Kier alpha value is -2.97. The number of amides is 1. The van der Waals surface area contributed by atoms with Gasteiger partial charge < -0.3 is 5.32 Å². The number of hydrogen-bond acceptors (Lipinski definition) is 4. The standard InChI is InChI=1S/C24H28N4O3S/c1-18-7-6-8-20(15-18)23-22(17-28(26-23)21-9-4-3-5-10-21)24(29)25-16-19-11-13-27(14-12-19)32(2,30)31/h3-10,15,17,19H,11-14,16H2,1-2H3,(H,25,29). The molecule has 0 spiro atoms. The predicted molar refractivity (Wildman–Crippen MR) is 125 cm³/mol. The first-order valence-electron chi connectivity index (χ1n) is 10.8. The molecule has 1 N–H and O–H groups in total. The highest BCUT2D eigenvalue weighted by Crippen LogP contribution is 2.25. The molecule has 1 aliphatic heterocycles. The van der Waals surface area contributed by atoms with Crippen molar-refractivity contribution in [2.75, 3.05) is 25.9 Å². The molecule has 0 unspecified atom stereocenters. The molecule has 0 aliphatic carbocycles. The summed E-state index contributed by atoms with van der Waals surface area (Å²) in [4.78, 5) is 13.2. The second-order valence-corrected chi connectivity index (χ2v) is 10.3. The van der Waals surface area contributed by atoms with Gasteiger partial charge in [0.25, 0.3) is 5.91 Å². The van der Waals surface area contributed by atoms with Crippen molar-refractivity contribution in [1.29, 1.82) is 0 Å². The van der Waals surface area contributed by atoms with Crippen LogP contribution in [0.25, 0.3) is 16.9 Å². The van der Waals surface area contributed by atoms with Crippen LogP contribution in [0.4, 0.5) is 0 Å². The van der Waals surface area contributed by atoms with Crippen molar-refractivity contribution in [3.63, 3.8) is 0 Å². The summed E-state index contributed by atoms with van der Waals surface area (Å²) in [6.07, 6.45) is 4.49. The quantitative estimate of drug-likeness (QED) is 0.622. The molecule has 2 aromatic carbocycles. The lowest BCUT2D eigenvalue weighted by Crippen LogP contribution is -2.41. The molecule has 7 nitrogen and oxygen atoms in total. The number of carbonyl (C=O) groups is 1. The Morgan fingerprint density at radius 1 is 1.09 bits per heavy atom. The van der Waals surface area contributed by atoms with Crippen LogP contribution in [0.5, 0.6) is 0 Å². The summed E-state index contributed by atoms with van der Waals surface area (Å²) in [5, 5.41) is 7.78. The van der Waals surface area contributed by atoms with Gasteiger partial charge in [0.15, 0.2) is 0 Å². The Labute approximate surface area is 189 Å². The summed E-state index contributed by atoms with van der Waals surface area (Å²) in [6, 6.07) is 17.7. The summed E-state index contributed by atoms with van der Waals surface area (Å²) >= 11 is 0. The molecule has 1 aromatic heterocycles. The van der Waals surface area contributed by atoms with Crippen LogP contribution in [0.3, 0.4) is 0 Å². The van der Waals surface area contributed by atoms with Crippen molar-refractivity contribution in [1.82, 2.24) is 19.4 Å². The van der Waals surface area contributed by atoms with Crippen molar-refractivity contribution < 1.29 is 13.2 Å². The van der Waals surface area contributed by atoms with Crippen LogP contribution in [-0.4, -0.2) is 54.3 Å². The van der Waals surface area contributed by atoms with Crippen molar-refractivity contribution >= 4 is 15.9 Å². The van der Waals surface area contributed by atoms with E-state index in [1.165, 1.54) is 10.6 Å². The zero-order chi connectivity index (χ0) is 22.7. The third-order valence-electron chi connectivity index (χ3n) is 5.86. The molecule has 1 saturated heterocycles. The molecule has 0 saturated carbocycles. The normalized spacial score (nSPS) is 15.6. The van der Waals surface area contributed by atoms with Crippen LogP contribution in [0, 0.1) is 12.8 Å². The van der Waals surface area contributed by atoms with E-state index in [4.69, 9.17) is 5.10 Å². The number of carbonyl (C=O) groups excluding carboxylic acids is 1. The van der Waals surface area contributed by atoms with E-state index < -0.39 is 10.0 Å². The van der Waals surface area contributed by atoms with Crippen molar-refractivity contribution in [2.45, 2.75) is 19.8 Å². The van der Waals surface area contributed by atoms with Gasteiger partial charge in [-0.25, -0.2) is 17.4 Å². The Kier molecular flexibility index (Phi) is 6.43. The fraction of sp³-hybridized carbons (Fsp3) is 0.333. The molecule has 8 heteroatoms. The van der Waals surface area contributed by atoms with Gasteiger partial charge in [-0.1, -0.05) is 42.0 Å². The first kappa shape index (κ1) is 22.2. The monoisotopic (exact) mass is 452 g/mol. The van der Waals surface area contributed by atoms with E-state index in [2.05, 4.69) is 5.32 Å². The highest BCUT2D eigenvalue weighted by molar-refractivity contribution is 7.88. The van der Waals surface area contributed by atoms with Gasteiger partial charge >= 0.3 is 0 Å². The number of nitrogens with zero attached hydrogens (tertiary/aromatic N) is 3. The fourth-order valence-corrected chi connectivity index (χ4v) is 4.91. The zero-order valence-electron chi connectivity index (χ0n) is 18.4. The third-order valence-corrected chi connectivity index (χ3v) is 7.17. The molecular weight excluding hydrogens is 424 g/mol. The highest BCUT2D eigenvalue weighted by atomic mass is 32.2. The number of piperidine rings is 1. The maximum atomic E-state index is 13.2. The number of nitrogens with one attached hydrogen (secondary N) is 1. The molecule has 1 aliphatic rings. The summed E-state index contributed by atoms with van der Waals surface area (Å²) < 4.78 is 26.7. The van der Waals surface area contributed by atoms with Gasteiger partial charge in [-0.15, -0.1) is 0 Å². The van der Waals surface area contributed by atoms with Gasteiger partial charge in [-0.2, -0.15) is 5.10 Å². The molecule has 1 fully saturated rings. The Morgan fingerprint density at radius 3 is 2.47 bits per heavy atom. The summed E-state index contributed by atoms with van der Waals surface area (Å²) in [5.41, 5.74) is 4.04. The van der Waals surface area contributed by atoms with E-state index in [1.807, 2.05) is 61.5 Å². The average Bonchev–Trinajstić information content (AvgIpc) is 3.23. The van der Waals surface area contributed by atoms with Crippen molar-refractivity contribution in [2.24, 2.45) is 5.92 Å². The smallest absolute Gasteiger partial charge is 0.255 e. The zero-order valence-corrected chi connectivity index (χ0v) is 19.2. The predicted octanol–water partition coefficient (Wildman–Crippen LogP) is 3.25. The van der Waals surface area contributed by atoms with Crippen LogP contribution < -0.4 is 5.32 Å². The molecular formula is C24H28N4O3S. The van der Waals surface area contributed by atoms with Gasteiger partial charge in [0, 0.05) is 31.4 Å². The number of aromatic nitrogens is 2. The molecule has 0 atom stereocenters. The topological polar surface area (TPSA) is 84.3 Å². The second kappa shape index (κ2) is 9.26. The minimum atomic E-state index is -3.15. The lowest BCUT2D eigenvalue weighted by Gasteiger charge is -2.30. The first-order valence-corrected chi connectivity index (χ1v) is 12.6. The minimum absolute atomic E-state index is 0.172. The fourth-order valence-electron chi connectivity index (χ4n) is 4.04. The Morgan fingerprint density at radius 2 is 1.81 bits per heavy atom. The summed E-state index contributed by atoms with van der Waals surface area (Å²) in [7, 11) is -3.15. The molecule has 3 aromatic rings. The molecule has 1 amide bonds. The SMILES string of the molecule is Cc1cccc(-c2nn(-c3ccccc3)cc2C(=O)NCC2CCN(S(C)(=O)=O)CC2)c1. The number of sulfonamides is 1. The van der Waals surface area contributed by atoms with Gasteiger partial charge in [-0.3, -0.25) is 4.79 Å². The molecule has 168 valence electrons. The molecule has 32 heavy (non-hydrogen) atoms. The van der Waals surface area contributed by atoms with Crippen LogP contribution in [-0.2, 0) is 10.0 Å². The van der Waals surface area contributed by atoms with Gasteiger partial charge in [0.2, 0.25) is 10.0 Å². The summed E-state index contributed by atoms with van der Waals surface area (Å²) in [6.45, 7) is 3.53. The number of para-hydroxylation sites is 1. The van der Waals surface area contributed by atoms with E-state index in [0.29, 0.717) is 30.9 Å². The van der Waals surface area contributed by atoms with E-state index in [9.17, 15) is 13.2 Å². The number of aryl methyl sites for hydroxylation is 1. The van der Waals surface area contributed by atoms with Crippen LogP contribution in [0.15, 0.2) is 60.8 Å². The Balaban J connectivity index is 1.53. The number of benzene rings is 2. The van der Waals surface area contributed by atoms with Gasteiger partial charge in [0.1, 0.15) is 5.69 Å². The minimum Gasteiger partial charge on any atom is -0.352 e. The lowest BCUT2D eigenvalue weighted by molar-refractivity contribution is 0.0942. The van der Waals surface area contributed by atoms with E-state index in [-0.39, 0.29) is 11.8 Å². The maximum Gasteiger partial charge on any atom is 0.255 e.